The average molecular weight is 388 g/mol. The Labute approximate surface area is 158 Å². The predicted octanol–water partition coefficient (Wildman–Crippen LogP) is 2.82. The molecule has 1 fully saturated rings. The standard InChI is InChI=1S/C16H16N6O4S/c1-10-4-6-21(7-5-10)16-20-19-15(27-16)18-14(23)11(9-17)8-12-2-3-13(26-12)22(24)25/h2-3,8,10H,4-7H2,1H3,(H,18,19,23)/b11-8-. The highest BCUT2D eigenvalue weighted by Crippen LogP contribution is 2.28. The molecule has 0 atom stereocenters. The molecule has 1 amide bonds. The Kier molecular flexibility index (Phi) is 5.46. The number of rotatable bonds is 5. The van der Waals surface area contributed by atoms with Crippen LogP contribution in [0.4, 0.5) is 16.1 Å². The fourth-order valence-electron chi connectivity index (χ4n) is 2.57. The summed E-state index contributed by atoms with van der Waals surface area (Å²) in [5, 5.41) is 31.4. The third-order valence-corrected chi connectivity index (χ3v) is 5.03. The fourth-order valence-corrected chi connectivity index (χ4v) is 3.36. The van der Waals surface area contributed by atoms with E-state index in [4.69, 9.17) is 4.42 Å². The number of carbonyl (C=O) groups is 1. The zero-order valence-corrected chi connectivity index (χ0v) is 15.2. The molecule has 0 bridgehead atoms. The normalized spacial score (nSPS) is 15.4. The van der Waals surface area contributed by atoms with Crippen LogP contribution in [0.15, 0.2) is 22.1 Å². The Balaban J connectivity index is 1.67. The van der Waals surface area contributed by atoms with Gasteiger partial charge in [0.1, 0.15) is 22.3 Å². The smallest absolute Gasteiger partial charge is 0.401 e. The van der Waals surface area contributed by atoms with Gasteiger partial charge < -0.3 is 9.32 Å². The Hall–Kier alpha value is -3.26. The van der Waals surface area contributed by atoms with Gasteiger partial charge in [-0.1, -0.05) is 18.3 Å². The van der Waals surface area contributed by atoms with E-state index in [2.05, 4.69) is 27.3 Å². The van der Waals surface area contributed by atoms with E-state index in [1.54, 1.807) is 6.07 Å². The molecule has 3 heterocycles. The van der Waals surface area contributed by atoms with Gasteiger partial charge in [-0.2, -0.15) is 5.26 Å². The molecule has 11 heteroatoms. The van der Waals surface area contributed by atoms with Crippen LogP contribution in [0.25, 0.3) is 6.08 Å². The minimum Gasteiger partial charge on any atom is -0.401 e. The van der Waals surface area contributed by atoms with E-state index in [9.17, 15) is 20.2 Å². The third kappa shape index (κ3) is 4.48. The van der Waals surface area contributed by atoms with Crippen LogP contribution in [-0.4, -0.2) is 34.1 Å². The van der Waals surface area contributed by atoms with E-state index in [-0.39, 0.29) is 16.5 Å². The van der Waals surface area contributed by atoms with Crippen molar-refractivity contribution in [2.24, 2.45) is 5.92 Å². The topological polar surface area (TPSA) is 138 Å². The third-order valence-electron chi connectivity index (χ3n) is 4.13. The van der Waals surface area contributed by atoms with Gasteiger partial charge in [0.05, 0.1) is 6.07 Å². The van der Waals surface area contributed by atoms with Crippen LogP contribution in [0.1, 0.15) is 25.5 Å². The van der Waals surface area contributed by atoms with Gasteiger partial charge >= 0.3 is 5.88 Å². The molecular weight excluding hydrogens is 372 g/mol. The molecule has 3 rings (SSSR count). The molecule has 1 N–H and O–H groups in total. The first-order valence-electron chi connectivity index (χ1n) is 8.22. The minimum absolute atomic E-state index is 0.0359. The lowest BCUT2D eigenvalue weighted by Gasteiger charge is -2.29. The Bertz CT molecular complexity index is 919. The average Bonchev–Trinajstić information content (AvgIpc) is 3.30. The van der Waals surface area contributed by atoms with E-state index in [0.717, 1.165) is 43.2 Å². The molecule has 140 valence electrons. The summed E-state index contributed by atoms with van der Waals surface area (Å²) in [4.78, 5) is 24.3. The van der Waals surface area contributed by atoms with Crippen molar-refractivity contribution >= 4 is 39.5 Å². The number of amides is 1. The second kappa shape index (κ2) is 7.96. The van der Waals surface area contributed by atoms with Gasteiger partial charge in [0.15, 0.2) is 0 Å². The molecule has 2 aromatic heterocycles. The number of hydrogen-bond donors (Lipinski definition) is 1. The van der Waals surface area contributed by atoms with Crippen molar-refractivity contribution in [3.8, 4) is 6.07 Å². The van der Waals surface area contributed by atoms with Crippen molar-refractivity contribution < 1.29 is 14.1 Å². The largest absolute Gasteiger partial charge is 0.433 e. The van der Waals surface area contributed by atoms with Gasteiger partial charge in [-0.3, -0.25) is 20.2 Å². The lowest BCUT2D eigenvalue weighted by Crippen LogP contribution is -2.32. The molecule has 0 unspecified atom stereocenters. The first-order valence-corrected chi connectivity index (χ1v) is 9.03. The van der Waals surface area contributed by atoms with Crippen LogP contribution in [0, 0.1) is 27.4 Å². The summed E-state index contributed by atoms with van der Waals surface area (Å²) in [7, 11) is 0. The maximum absolute atomic E-state index is 12.3. The van der Waals surface area contributed by atoms with Crippen molar-refractivity contribution in [1.29, 1.82) is 5.26 Å². The summed E-state index contributed by atoms with van der Waals surface area (Å²) >= 11 is 1.23. The highest BCUT2D eigenvalue weighted by Gasteiger charge is 2.20. The second-order valence-corrected chi connectivity index (χ2v) is 7.07. The number of hydrogen-bond acceptors (Lipinski definition) is 9. The SMILES string of the molecule is CC1CCN(c2nnc(NC(=O)/C(C#N)=C\c3ccc([N+](=O)[O-])o3)s2)CC1. The van der Waals surface area contributed by atoms with Crippen molar-refractivity contribution in [1.82, 2.24) is 10.2 Å². The number of furan rings is 1. The molecule has 0 aliphatic carbocycles. The van der Waals surface area contributed by atoms with Crippen molar-refractivity contribution in [2.45, 2.75) is 19.8 Å². The van der Waals surface area contributed by atoms with Gasteiger partial charge in [0.25, 0.3) is 5.91 Å². The molecular formula is C16H16N6O4S. The number of anilines is 2. The lowest BCUT2D eigenvalue weighted by molar-refractivity contribution is -0.402. The van der Waals surface area contributed by atoms with Crippen LogP contribution >= 0.6 is 11.3 Å². The van der Waals surface area contributed by atoms with Crippen LogP contribution in [0.2, 0.25) is 0 Å². The minimum atomic E-state index is -0.701. The number of nitro groups is 1. The second-order valence-electron chi connectivity index (χ2n) is 6.12. The van der Waals surface area contributed by atoms with E-state index >= 15 is 0 Å². The number of nitrogens with one attached hydrogen (secondary N) is 1. The highest BCUT2D eigenvalue weighted by molar-refractivity contribution is 7.19. The van der Waals surface area contributed by atoms with E-state index in [1.165, 1.54) is 17.4 Å². The molecule has 1 aliphatic rings. The van der Waals surface area contributed by atoms with Gasteiger partial charge in [0, 0.05) is 19.2 Å². The number of nitrogens with zero attached hydrogens (tertiary/aromatic N) is 5. The van der Waals surface area contributed by atoms with Gasteiger partial charge in [-0.15, -0.1) is 10.2 Å². The van der Waals surface area contributed by atoms with Gasteiger partial charge in [0.2, 0.25) is 10.3 Å². The molecule has 0 spiro atoms. The number of nitriles is 1. The Morgan fingerprint density at radius 2 is 2.22 bits per heavy atom. The zero-order chi connectivity index (χ0) is 19.4. The molecule has 0 aromatic carbocycles. The van der Waals surface area contributed by atoms with E-state index in [0.29, 0.717) is 5.92 Å². The van der Waals surface area contributed by atoms with Gasteiger partial charge in [-0.05, 0) is 24.8 Å². The zero-order valence-electron chi connectivity index (χ0n) is 14.4. The Morgan fingerprint density at radius 1 is 1.48 bits per heavy atom. The fraction of sp³-hybridized carbons (Fsp3) is 0.375. The van der Waals surface area contributed by atoms with Crippen LogP contribution in [-0.2, 0) is 4.79 Å². The molecule has 27 heavy (non-hydrogen) atoms. The molecule has 0 radical (unpaired) electrons. The summed E-state index contributed by atoms with van der Waals surface area (Å²) in [6.07, 6.45) is 3.30. The van der Waals surface area contributed by atoms with E-state index in [1.807, 2.05) is 0 Å². The van der Waals surface area contributed by atoms with Crippen molar-refractivity contribution in [3.63, 3.8) is 0 Å². The molecule has 2 aromatic rings. The number of aromatic nitrogens is 2. The van der Waals surface area contributed by atoms with Crippen LogP contribution in [0.5, 0.6) is 0 Å². The maximum atomic E-state index is 12.3. The Morgan fingerprint density at radius 3 is 2.85 bits per heavy atom. The molecule has 1 saturated heterocycles. The van der Waals surface area contributed by atoms with Crippen molar-refractivity contribution in [2.75, 3.05) is 23.3 Å². The molecule has 1 aliphatic heterocycles. The molecule has 0 saturated carbocycles. The van der Waals surface area contributed by atoms with Crippen LogP contribution < -0.4 is 10.2 Å². The highest BCUT2D eigenvalue weighted by atomic mass is 32.1. The summed E-state index contributed by atoms with van der Waals surface area (Å²) in [6, 6.07) is 4.21. The van der Waals surface area contributed by atoms with Gasteiger partial charge in [-0.25, -0.2) is 0 Å². The summed E-state index contributed by atoms with van der Waals surface area (Å²) < 4.78 is 4.93. The summed E-state index contributed by atoms with van der Waals surface area (Å²) in [6.45, 7) is 4.00. The quantitative estimate of drug-likeness (QED) is 0.357. The summed E-state index contributed by atoms with van der Waals surface area (Å²) in [5.41, 5.74) is -0.261. The first-order chi connectivity index (χ1) is 13.0. The maximum Gasteiger partial charge on any atom is 0.433 e. The number of piperidine rings is 1. The predicted molar refractivity (Wildman–Crippen MR) is 98.1 cm³/mol. The molecule has 10 nitrogen and oxygen atoms in total. The number of carbonyl (C=O) groups excluding carboxylic acids is 1. The monoisotopic (exact) mass is 388 g/mol. The lowest BCUT2D eigenvalue weighted by atomic mass is 10.00. The summed E-state index contributed by atoms with van der Waals surface area (Å²) in [5.74, 6) is -0.432. The first kappa shape index (κ1) is 18.5. The van der Waals surface area contributed by atoms with E-state index < -0.39 is 16.7 Å². The van der Waals surface area contributed by atoms with Crippen molar-refractivity contribution in [3.05, 3.63) is 33.6 Å². The van der Waals surface area contributed by atoms with Crippen LogP contribution in [0.3, 0.4) is 0 Å².